The van der Waals surface area contributed by atoms with Gasteiger partial charge in [0.25, 0.3) is 5.91 Å². The maximum Gasteiger partial charge on any atom is 0.252 e. The first kappa shape index (κ1) is 15.4. The van der Waals surface area contributed by atoms with Crippen molar-refractivity contribution in [3.63, 3.8) is 0 Å². The summed E-state index contributed by atoms with van der Waals surface area (Å²) in [6, 6.07) is 6.24. The first-order valence-electron chi connectivity index (χ1n) is 8.30. The molecule has 0 bridgehead atoms. The fourth-order valence-corrected chi connectivity index (χ4v) is 4.16. The number of amides is 1. The minimum Gasteiger partial charge on any atom is -0.348 e. The van der Waals surface area contributed by atoms with Crippen LogP contribution < -0.4 is 10.6 Å². The van der Waals surface area contributed by atoms with Crippen molar-refractivity contribution in [2.75, 3.05) is 13.1 Å². The van der Waals surface area contributed by atoms with E-state index in [1.165, 1.54) is 5.56 Å². The molecule has 1 fully saturated rings. The lowest BCUT2D eigenvalue weighted by Gasteiger charge is -2.23. The highest BCUT2D eigenvalue weighted by Gasteiger charge is 2.19. The van der Waals surface area contributed by atoms with E-state index >= 15 is 0 Å². The third kappa shape index (κ3) is 3.07. The number of fused-ring (bicyclic) bond motifs is 1. The van der Waals surface area contributed by atoms with E-state index in [9.17, 15) is 4.79 Å². The molecule has 0 spiro atoms. The molecule has 3 aromatic heterocycles. The van der Waals surface area contributed by atoms with Gasteiger partial charge in [0.05, 0.1) is 5.56 Å². The van der Waals surface area contributed by atoms with Crippen LogP contribution >= 0.6 is 11.3 Å². The number of thiophene rings is 1. The van der Waals surface area contributed by atoms with Gasteiger partial charge in [-0.15, -0.1) is 11.3 Å². The van der Waals surface area contributed by atoms with Crippen molar-refractivity contribution in [2.45, 2.75) is 25.3 Å². The molecule has 3 aromatic rings. The van der Waals surface area contributed by atoms with Crippen LogP contribution in [0.3, 0.4) is 0 Å². The summed E-state index contributed by atoms with van der Waals surface area (Å²) in [5.41, 5.74) is 2.88. The predicted octanol–water partition coefficient (Wildman–Crippen LogP) is 2.70. The summed E-state index contributed by atoms with van der Waals surface area (Å²) in [5.74, 6) is 0.0410. The Morgan fingerprint density at radius 1 is 1.38 bits per heavy atom. The summed E-state index contributed by atoms with van der Waals surface area (Å²) in [4.78, 5) is 21.2. The Balaban J connectivity index is 1.54. The van der Waals surface area contributed by atoms with Crippen molar-refractivity contribution in [1.29, 1.82) is 0 Å². The van der Waals surface area contributed by atoms with Gasteiger partial charge in [0, 0.05) is 41.7 Å². The summed E-state index contributed by atoms with van der Waals surface area (Å²) < 4.78 is 0. The molecule has 1 aliphatic heterocycles. The van der Waals surface area contributed by atoms with Crippen molar-refractivity contribution in [1.82, 2.24) is 20.6 Å². The van der Waals surface area contributed by atoms with Gasteiger partial charge in [0.2, 0.25) is 0 Å². The van der Waals surface area contributed by atoms with Crippen LogP contribution in [-0.2, 0) is 6.42 Å². The second kappa shape index (κ2) is 6.75. The standard InChI is InChI=1S/C18H20N4OS/c23-18(22-13-2-1-6-19-11-13)15-5-9-24-16(15)10-12-3-7-20-17-14(12)4-8-21-17/h3-5,7-9,13,19H,1-2,6,10-11H2,(H,20,21)(H,22,23). The van der Waals surface area contributed by atoms with Gasteiger partial charge < -0.3 is 15.6 Å². The molecule has 0 saturated carbocycles. The maximum absolute atomic E-state index is 12.6. The van der Waals surface area contributed by atoms with E-state index in [2.05, 4.69) is 20.6 Å². The topological polar surface area (TPSA) is 69.8 Å². The van der Waals surface area contributed by atoms with E-state index in [0.29, 0.717) is 0 Å². The molecule has 6 heteroatoms. The van der Waals surface area contributed by atoms with Gasteiger partial charge in [-0.25, -0.2) is 4.98 Å². The highest BCUT2D eigenvalue weighted by molar-refractivity contribution is 7.10. The number of carbonyl (C=O) groups is 1. The lowest BCUT2D eigenvalue weighted by molar-refractivity contribution is 0.0930. The molecule has 1 atom stereocenters. The lowest BCUT2D eigenvalue weighted by Crippen LogP contribution is -2.45. The normalized spacial score (nSPS) is 17.9. The largest absolute Gasteiger partial charge is 0.348 e. The van der Waals surface area contributed by atoms with E-state index in [-0.39, 0.29) is 11.9 Å². The van der Waals surface area contributed by atoms with Gasteiger partial charge in [0.1, 0.15) is 5.65 Å². The number of pyridine rings is 1. The first-order valence-corrected chi connectivity index (χ1v) is 9.18. The number of H-pyrrole nitrogens is 1. The number of aromatic amines is 1. The minimum absolute atomic E-state index is 0.0410. The van der Waals surface area contributed by atoms with Crippen molar-refractivity contribution in [2.24, 2.45) is 0 Å². The molecule has 4 rings (SSSR count). The molecular weight excluding hydrogens is 320 g/mol. The molecule has 1 amide bonds. The second-order valence-electron chi connectivity index (χ2n) is 6.16. The van der Waals surface area contributed by atoms with E-state index in [0.717, 1.165) is 53.8 Å². The van der Waals surface area contributed by atoms with Crippen LogP contribution in [0.5, 0.6) is 0 Å². The fourth-order valence-electron chi connectivity index (χ4n) is 3.26. The zero-order valence-electron chi connectivity index (χ0n) is 13.3. The highest BCUT2D eigenvalue weighted by Crippen LogP contribution is 2.24. The van der Waals surface area contributed by atoms with E-state index in [1.54, 1.807) is 11.3 Å². The van der Waals surface area contributed by atoms with Crippen LogP contribution in [0.4, 0.5) is 0 Å². The average molecular weight is 340 g/mol. The molecule has 5 nitrogen and oxygen atoms in total. The lowest BCUT2D eigenvalue weighted by atomic mass is 10.0. The maximum atomic E-state index is 12.6. The number of piperidine rings is 1. The molecule has 124 valence electrons. The third-order valence-electron chi connectivity index (χ3n) is 4.52. The van der Waals surface area contributed by atoms with E-state index in [4.69, 9.17) is 0 Å². The summed E-state index contributed by atoms with van der Waals surface area (Å²) in [5, 5.41) is 9.62. The van der Waals surface area contributed by atoms with Gasteiger partial charge in [-0.05, 0) is 48.5 Å². The highest BCUT2D eigenvalue weighted by atomic mass is 32.1. The van der Waals surface area contributed by atoms with Crippen molar-refractivity contribution in [3.05, 3.63) is 52.0 Å². The molecule has 1 unspecified atom stereocenters. The first-order chi connectivity index (χ1) is 11.8. The van der Waals surface area contributed by atoms with Crippen LogP contribution in [0.15, 0.2) is 36.0 Å². The smallest absolute Gasteiger partial charge is 0.252 e. The molecular formula is C18H20N4OS. The Bertz CT molecular complexity index is 847. The molecule has 1 saturated heterocycles. The number of nitrogens with one attached hydrogen (secondary N) is 3. The fraction of sp³-hybridized carbons (Fsp3) is 0.333. The minimum atomic E-state index is 0.0410. The zero-order valence-corrected chi connectivity index (χ0v) is 14.2. The molecule has 0 radical (unpaired) electrons. The number of nitrogens with zero attached hydrogens (tertiary/aromatic N) is 1. The van der Waals surface area contributed by atoms with Crippen LogP contribution in [0.2, 0.25) is 0 Å². The number of aromatic nitrogens is 2. The average Bonchev–Trinajstić information content (AvgIpc) is 3.25. The molecule has 0 aromatic carbocycles. The SMILES string of the molecule is O=C(NC1CCCNC1)c1ccsc1Cc1ccnc2[nH]ccc12. The zero-order chi connectivity index (χ0) is 16.4. The summed E-state index contributed by atoms with van der Waals surface area (Å²) in [6.07, 6.45) is 6.63. The van der Waals surface area contributed by atoms with Crippen LogP contribution in [0.1, 0.15) is 33.6 Å². The Kier molecular flexibility index (Phi) is 4.32. The Morgan fingerprint density at radius 3 is 3.21 bits per heavy atom. The van der Waals surface area contributed by atoms with Gasteiger partial charge in [-0.2, -0.15) is 0 Å². The molecule has 24 heavy (non-hydrogen) atoms. The Hall–Kier alpha value is -2.18. The van der Waals surface area contributed by atoms with E-state index in [1.807, 2.05) is 36.0 Å². The molecule has 1 aliphatic rings. The number of carbonyl (C=O) groups excluding carboxylic acids is 1. The number of hydrogen-bond acceptors (Lipinski definition) is 4. The third-order valence-corrected chi connectivity index (χ3v) is 5.44. The summed E-state index contributed by atoms with van der Waals surface area (Å²) in [6.45, 7) is 1.91. The Morgan fingerprint density at radius 2 is 2.33 bits per heavy atom. The number of hydrogen-bond donors (Lipinski definition) is 3. The molecule has 0 aliphatic carbocycles. The van der Waals surface area contributed by atoms with Crippen LogP contribution in [0.25, 0.3) is 11.0 Å². The second-order valence-corrected chi connectivity index (χ2v) is 7.16. The molecule has 3 N–H and O–H groups in total. The quantitative estimate of drug-likeness (QED) is 0.684. The molecule has 4 heterocycles. The van der Waals surface area contributed by atoms with Crippen molar-refractivity contribution < 1.29 is 4.79 Å². The van der Waals surface area contributed by atoms with Gasteiger partial charge >= 0.3 is 0 Å². The van der Waals surface area contributed by atoms with Crippen molar-refractivity contribution >= 4 is 28.3 Å². The van der Waals surface area contributed by atoms with Crippen molar-refractivity contribution in [3.8, 4) is 0 Å². The van der Waals surface area contributed by atoms with Crippen LogP contribution in [0, 0.1) is 0 Å². The Labute approximate surface area is 144 Å². The van der Waals surface area contributed by atoms with Crippen LogP contribution in [-0.4, -0.2) is 35.0 Å². The monoisotopic (exact) mass is 340 g/mol. The summed E-state index contributed by atoms with van der Waals surface area (Å²) in [7, 11) is 0. The van der Waals surface area contributed by atoms with Gasteiger partial charge in [-0.3, -0.25) is 4.79 Å². The predicted molar refractivity (Wildman–Crippen MR) is 96.6 cm³/mol. The van der Waals surface area contributed by atoms with E-state index < -0.39 is 0 Å². The number of rotatable bonds is 4. The van der Waals surface area contributed by atoms with Gasteiger partial charge in [0.15, 0.2) is 0 Å². The summed E-state index contributed by atoms with van der Waals surface area (Å²) >= 11 is 1.64. The van der Waals surface area contributed by atoms with Gasteiger partial charge in [-0.1, -0.05) is 0 Å².